The van der Waals surface area contributed by atoms with Gasteiger partial charge in [0.05, 0.1) is 13.2 Å². The lowest BCUT2D eigenvalue weighted by molar-refractivity contribution is -0.143. The van der Waals surface area contributed by atoms with Crippen LogP contribution in [0, 0.1) is 0 Å². The van der Waals surface area contributed by atoms with Gasteiger partial charge < -0.3 is 20.5 Å². The van der Waals surface area contributed by atoms with Crippen LogP contribution in [0.25, 0.3) is 0 Å². The lowest BCUT2D eigenvalue weighted by atomic mass is 10.6. The number of rotatable bonds is 7. The zero-order valence-electron chi connectivity index (χ0n) is 9.97. The molecular weight excluding hydrogens is 226 g/mol. The number of methoxy groups -OCH3 is 1. The number of nitrogens with zero attached hydrogens (tertiary/aromatic N) is 3. The monoisotopic (exact) mass is 243 g/mol. The quantitative estimate of drug-likeness (QED) is 0.490. The Hall–Kier alpha value is -1.83. The number of aromatic nitrogens is 3. The minimum absolute atomic E-state index is 0.0430. The van der Waals surface area contributed by atoms with Gasteiger partial charge in [0, 0.05) is 13.7 Å². The normalized spacial score (nSPS) is 10.2. The van der Waals surface area contributed by atoms with Gasteiger partial charge in [-0.3, -0.25) is 4.79 Å². The Bertz CT molecular complexity index is 366. The molecule has 0 fully saturated rings. The molecule has 1 aromatic rings. The summed E-state index contributed by atoms with van der Waals surface area (Å²) < 4.78 is 10.9. The molecule has 8 heteroatoms. The molecule has 0 aliphatic heterocycles. The van der Waals surface area contributed by atoms with Gasteiger partial charge in [-0.05, 0) is 6.92 Å². The minimum atomic E-state index is -0.396. The van der Waals surface area contributed by atoms with Crippen LogP contribution in [-0.4, -0.2) is 47.6 Å². The second-order valence-electron chi connectivity index (χ2n) is 3.18. The van der Waals surface area contributed by atoms with E-state index in [1.165, 1.54) is 4.68 Å². The number of esters is 1. The van der Waals surface area contributed by atoms with Gasteiger partial charge >= 0.3 is 5.97 Å². The number of hydrogen-bond acceptors (Lipinski definition) is 7. The van der Waals surface area contributed by atoms with Crippen molar-refractivity contribution in [3.63, 3.8) is 0 Å². The third-order valence-corrected chi connectivity index (χ3v) is 1.87. The summed E-state index contributed by atoms with van der Waals surface area (Å²) in [5.41, 5.74) is 5.60. The zero-order valence-corrected chi connectivity index (χ0v) is 9.97. The molecule has 1 rings (SSSR count). The van der Waals surface area contributed by atoms with Gasteiger partial charge in [0.2, 0.25) is 11.9 Å². The van der Waals surface area contributed by atoms with Crippen molar-refractivity contribution < 1.29 is 14.3 Å². The maximum absolute atomic E-state index is 11.2. The van der Waals surface area contributed by atoms with E-state index in [1.807, 2.05) is 0 Å². The SMILES string of the molecule is CCOC(=O)Cn1nc(NCCOC)nc1N. The van der Waals surface area contributed by atoms with Crippen molar-refractivity contribution in [3.05, 3.63) is 0 Å². The van der Waals surface area contributed by atoms with Crippen LogP contribution in [0.2, 0.25) is 0 Å². The van der Waals surface area contributed by atoms with Gasteiger partial charge in [0.15, 0.2) is 0 Å². The first kappa shape index (κ1) is 13.2. The van der Waals surface area contributed by atoms with E-state index in [-0.39, 0.29) is 12.5 Å². The summed E-state index contributed by atoms with van der Waals surface area (Å²) in [6, 6.07) is 0. The Morgan fingerprint density at radius 1 is 1.59 bits per heavy atom. The Balaban J connectivity index is 2.52. The predicted octanol–water partition coefficient (Wildman–Crippen LogP) is -0.518. The summed E-state index contributed by atoms with van der Waals surface area (Å²) in [6.45, 7) is 3.12. The molecule has 0 spiro atoms. The molecule has 0 amide bonds. The first-order valence-electron chi connectivity index (χ1n) is 5.26. The predicted molar refractivity (Wildman–Crippen MR) is 61.4 cm³/mol. The molecule has 0 saturated carbocycles. The fraction of sp³-hybridized carbons (Fsp3) is 0.667. The Labute approximate surface area is 99.1 Å². The molecule has 0 aromatic carbocycles. The van der Waals surface area contributed by atoms with E-state index >= 15 is 0 Å². The standard InChI is InChI=1S/C9H17N5O3/c1-3-17-7(15)6-14-8(10)12-9(13-14)11-4-5-16-2/h3-6H2,1-2H3,(H3,10,11,12,13). The molecule has 0 aliphatic carbocycles. The van der Waals surface area contributed by atoms with Crippen LogP contribution < -0.4 is 11.1 Å². The number of hydrogen-bond donors (Lipinski definition) is 2. The molecular formula is C9H17N5O3. The van der Waals surface area contributed by atoms with Gasteiger partial charge in [-0.1, -0.05) is 0 Å². The maximum Gasteiger partial charge on any atom is 0.327 e. The highest BCUT2D eigenvalue weighted by atomic mass is 16.5. The number of nitrogen functional groups attached to an aromatic ring is 1. The fourth-order valence-electron chi connectivity index (χ4n) is 1.14. The summed E-state index contributed by atoms with van der Waals surface area (Å²) in [4.78, 5) is 15.2. The van der Waals surface area contributed by atoms with Gasteiger partial charge in [0.25, 0.3) is 0 Å². The summed E-state index contributed by atoms with van der Waals surface area (Å²) in [5.74, 6) is 0.134. The van der Waals surface area contributed by atoms with Crippen LogP contribution in [0.3, 0.4) is 0 Å². The number of nitrogens with two attached hydrogens (primary N) is 1. The number of carbonyl (C=O) groups is 1. The maximum atomic E-state index is 11.2. The Kier molecular flexibility index (Phi) is 5.21. The first-order valence-corrected chi connectivity index (χ1v) is 5.26. The summed E-state index contributed by atoms with van der Waals surface area (Å²) in [6.07, 6.45) is 0. The van der Waals surface area contributed by atoms with Crippen LogP contribution >= 0.6 is 0 Å². The number of anilines is 2. The van der Waals surface area contributed by atoms with Crippen LogP contribution in [0.1, 0.15) is 6.92 Å². The molecule has 96 valence electrons. The largest absolute Gasteiger partial charge is 0.465 e. The lowest BCUT2D eigenvalue weighted by Crippen LogP contribution is -2.16. The van der Waals surface area contributed by atoms with E-state index in [2.05, 4.69) is 15.4 Å². The molecule has 0 bridgehead atoms. The van der Waals surface area contributed by atoms with Crippen molar-refractivity contribution in [2.45, 2.75) is 13.5 Å². The molecule has 0 atom stereocenters. The highest BCUT2D eigenvalue weighted by Crippen LogP contribution is 2.04. The Morgan fingerprint density at radius 3 is 3.00 bits per heavy atom. The van der Waals surface area contributed by atoms with E-state index in [9.17, 15) is 4.79 Å². The van der Waals surface area contributed by atoms with Crippen molar-refractivity contribution in [1.29, 1.82) is 0 Å². The second-order valence-corrected chi connectivity index (χ2v) is 3.18. The smallest absolute Gasteiger partial charge is 0.327 e. The van der Waals surface area contributed by atoms with Crippen LogP contribution in [0.15, 0.2) is 0 Å². The van der Waals surface area contributed by atoms with Gasteiger partial charge in [0.1, 0.15) is 6.54 Å². The topological polar surface area (TPSA) is 104 Å². The summed E-state index contributed by atoms with van der Waals surface area (Å²) >= 11 is 0. The third kappa shape index (κ3) is 4.27. The fourth-order valence-corrected chi connectivity index (χ4v) is 1.14. The van der Waals surface area contributed by atoms with E-state index in [4.69, 9.17) is 15.2 Å². The highest BCUT2D eigenvalue weighted by molar-refractivity contribution is 5.69. The minimum Gasteiger partial charge on any atom is -0.465 e. The summed E-state index contributed by atoms with van der Waals surface area (Å²) in [7, 11) is 1.60. The second kappa shape index (κ2) is 6.69. The average molecular weight is 243 g/mol. The number of ether oxygens (including phenoxy) is 2. The summed E-state index contributed by atoms with van der Waals surface area (Å²) in [5, 5.41) is 6.93. The molecule has 0 radical (unpaired) electrons. The van der Waals surface area contributed by atoms with Crippen molar-refractivity contribution >= 4 is 17.9 Å². The molecule has 8 nitrogen and oxygen atoms in total. The van der Waals surface area contributed by atoms with E-state index < -0.39 is 5.97 Å². The lowest BCUT2D eigenvalue weighted by Gasteiger charge is -2.02. The van der Waals surface area contributed by atoms with E-state index in [0.29, 0.717) is 25.7 Å². The number of carbonyl (C=O) groups excluding carboxylic acids is 1. The number of nitrogens with one attached hydrogen (secondary N) is 1. The van der Waals surface area contributed by atoms with Crippen molar-refractivity contribution in [2.75, 3.05) is 37.9 Å². The third-order valence-electron chi connectivity index (χ3n) is 1.87. The molecule has 17 heavy (non-hydrogen) atoms. The molecule has 0 aliphatic rings. The van der Waals surface area contributed by atoms with Crippen molar-refractivity contribution in [3.8, 4) is 0 Å². The average Bonchev–Trinajstić information content (AvgIpc) is 2.60. The van der Waals surface area contributed by atoms with E-state index in [0.717, 1.165) is 0 Å². The van der Waals surface area contributed by atoms with Crippen LogP contribution in [-0.2, 0) is 20.8 Å². The van der Waals surface area contributed by atoms with Crippen molar-refractivity contribution in [1.82, 2.24) is 14.8 Å². The molecule has 1 heterocycles. The molecule has 3 N–H and O–H groups in total. The molecule has 1 aromatic heterocycles. The van der Waals surface area contributed by atoms with E-state index in [1.54, 1.807) is 14.0 Å². The van der Waals surface area contributed by atoms with Gasteiger partial charge in [-0.25, -0.2) is 4.68 Å². The first-order chi connectivity index (χ1) is 8.17. The zero-order chi connectivity index (χ0) is 12.7. The van der Waals surface area contributed by atoms with Gasteiger partial charge in [-0.2, -0.15) is 4.98 Å². The van der Waals surface area contributed by atoms with Crippen molar-refractivity contribution in [2.24, 2.45) is 0 Å². The Morgan fingerprint density at radius 2 is 2.35 bits per heavy atom. The molecule has 0 unspecified atom stereocenters. The van der Waals surface area contributed by atoms with Crippen LogP contribution in [0.5, 0.6) is 0 Å². The van der Waals surface area contributed by atoms with Gasteiger partial charge in [-0.15, -0.1) is 5.10 Å². The highest BCUT2D eigenvalue weighted by Gasteiger charge is 2.10. The van der Waals surface area contributed by atoms with Crippen LogP contribution in [0.4, 0.5) is 11.9 Å². The molecule has 0 saturated heterocycles.